The molecule has 1 unspecified atom stereocenters. The van der Waals surface area contributed by atoms with Crippen LogP contribution < -0.4 is 10.6 Å². The highest BCUT2D eigenvalue weighted by Crippen LogP contribution is 2.27. The van der Waals surface area contributed by atoms with Gasteiger partial charge in [-0.15, -0.1) is 0 Å². The lowest BCUT2D eigenvalue weighted by Gasteiger charge is -2.33. The highest BCUT2D eigenvalue weighted by atomic mass is 32.1. The van der Waals surface area contributed by atoms with Crippen molar-refractivity contribution in [2.24, 2.45) is 0 Å². The van der Waals surface area contributed by atoms with Crippen molar-refractivity contribution in [2.75, 3.05) is 11.9 Å². The van der Waals surface area contributed by atoms with E-state index in [1.54, 1.807) is 0 Å². The molecule has 19 heavy (non-hydrogen) atoms. The number of carbonyl (C=O) groups is 1. The van der Waals surface area contributed by atoms with Crippen molar-refractivity contribution in [3.05, 3.63) is 24.3 Å². The minimum atomic E-state index is -0.462. The van der Waals surface area contributed by atoms with Gasteiger partial charge in [0.1, 0.15) is 0 Å². The number of amides is 1. The molecule has 4 nitrogen and oxygen atoms in total. The molecule has 0 bridgehead atoms. The van der Waals surface area contributed by atoms with Crippen molar-refractivity contribution in [2.45, 2.75) is 31.7 Å². The van der Waals surface area contributed by atoms with Crippen LogP contribution in [-0.2, 0) is 4.79 Å². The van der Waals surface area contributed by atoms with E-state index < -0.39 is 5.54 Å². The van der Waals surface area contributed by atoms with Crippen LogP contribution in [0.4, 0.5) is 5.13 Å². The van der Waals surface area contributed by atoms with Crippen LogP contribution in [0.15, 0.2) is 24.3 Å². The van der Waals surface area contributed by atoms with Crippen molar-refractivity contribution >= 4 is 32.6 Å². The van der Waals surface area contributed by atoms with Gasteiger partial charge in [0, 0.05) is 0 Å². The first kappa shape index (κ1) is 12.6. The molecule has 1 aromatic heterocycles. The van der Waals surface area contributed by atoms with E-state index >= 15 is 0 Å². The topological polar surface area (TPSA) is 54.0 Å². The number of carbonyl (C=O) groups excluding carboxylic acids is 1. The Kier molecular flexibility index (Phi) is 3.24. The number of fused-ring (bicyclic) bond motifs is 1. The van der Waals surface area contributed by atoms with Crippen LogP contribution in [0.3, 0.4) is 0 Å². The second-order valence-corrected chi connectivity index (χ2v) is 6.19. The molecular weight excluding hydrogens is 258 g/mol. The van der Waals surface area contributed by atoms with Crippen LogP contribution >= 0.6 is 11.3 Å². The molecular formula is C14H17N3OS. The van der Waals surface area contributed by atoms with E-state index in [1.807, 2.05) is 31.2 Å². The van der Waals surface area contributed by atoms with E-state index in [2.05, 4.69) is 15.6 Å². The zero-order chi connectivity index (χ0) is 13.3. The first-order chi connectivity index (χ1) is 9.17. The van der Waals surface area contributed by atoms with Crippen molar-refractivity contribution < 1.29 is 4.79 Å². The number of rotatable bonds is 2. The second kappa shape index (κ2) is 4.90. The van der Waals surface area contributed by atoms with Gasteiger partial charge in [0.15, 0.2) is 5.13 Å². The average Bonchev–Trinajstić information content (AvgIpc) is 2.81. The van der Waals surface area contributed by atoms with Gasteiger partial charge in [0.05, 0.1) is 15.8 Å². The van der Waals surface area contributed by atoms with Gasteiger partial charge in [-0.1, -0.05) is 23.5 Å². The third-order valence-corrected chi connectivity index (χ3v) is 4.59. The van der Waals surface area contributed by atoms with Crippen molar-refractivity contribution in [3.8, 4) is 0 Å². The molecule has 1 aromatic carbocycles. The van der Waals surface area contributed by atoms with Gasteiger partial charge < -0.3 is 10.6 Å². The molecule has 1 fully saturated rings. The fraction of sp³-hybridized carbons (Fsp3) is 0.429. The molecule has 0 aliphatic carbocycles. The van der Waals surface area contributed by atoms with Gasteiger partial charge in [0.2, 0.25) is 5.91 Å². The minimum absolute atomic E-state index is 0.0197. The summed E-state index contributed by atoms with van der Waals surface area (Å²) in [5.74, 6) is 0.0197. The van der Waals surface area contributed by atoms with Crippen LogP contribution in [0.2, 0.25) is 0 Å². The molecule has 5 heteroatoms. The Balaban J connectivity index is 1.78. The van der Waals surface area contributed by atoms with E-state index in [-0.39, 0.29) is 5.91 Å². The van der Waals surface area contributed by atoms with Gasteiger partial charge in [-0.3, -0.25) is 4.79 Å². The Bertz CT molecular complexity index is 569. The lowest BCUT2D eigenvalue weighted by molar-refractivity contribution is -0.122. The standard InChI is InChI=1S/C14H17N3OS/c1-14(8-4-5-9-15-14)12(18)17-13-16-10-6-2-3-7-11(10)19-13/h2-3,6-7,15H,4-5,8-9H2,1H3,(H,16,17,18). The van der Waals surface area contributed by atoms with Crippen molar-refractivity contribution in [1.82, 2.24) is 10.3 Å². The minimum Gasteiger partial charge on any atom is -0.304 e. The molecule has 1 aliphatic heterocycles. The number of nitrogens with one attached hydrogen (secondary N) is 2. The molecule has 0 spiro atoms. The maximum absolute atomic E-state index is 12.4. The number of para-hydroxylation sites is 1. The van der Waals surface area contributed by atoms with Crippen LogP contribution in [0.25, 0.3) is 10.2 Å². The summed E-state index contributed by atoms with van der Waals surface area (Å²) in [6.45, 7) is 2.87. The Morgan fingerprint density at radius 1 is 1.42 bits per heavy atom. The molecule has 1 aliphatic rings. The lowest BCUT2D eigenvalue weighted by atomic mass is 9.90. The van der Waals surface area contributed by atoms with Gasteiger partial charge >= 0.3 is 0 Å². The fourth-order valence-electron chi connectivity index (χ4n) is 2.41. The number of benzene rings is 1. The quantitative estimate of drug-likeness (QED) is 0.886. The highest BCUT2D eigenvalue weighted by Gasteiger charge is 2.34. The van der Waals surface area contributed by atoms with Crippen molar-refractivity contribution in [1.29, 1.82) is 0 Å². The first-order valence-electron chi connectivity index (χ1n) is 6.59. The Morgan fingerprint density at radius 3 is 3.00 bits per heavy atom. The average molecular weight is 275 g/mol. The lowest BCUT2D eigenvalue weighted by Crippen LogP contribution is -2.54. The van der Waals surface area contributed by atoms with E-state index in [9.17, 15) is 4.79 Å². The van der Waals surface area contributed by atoms with Gasteiger partial charge in [0.25, 0.3) is 0 Å². The second-order valence-electron chi connectivity index (χ2n) is 5.16. The fourth-order valence-corrected chi connectivity index (χ4v) is 3.27. The number of hydrogen-bond acceptors (Lipinski definition) is 4. The van der Waals surface area contributed by atoms with Gasteiger partial charge in [-0.25, -0.2) is 4.98 Å². The number of nitrogens with zero attached hydrogens (tertiary/aromatic N) is 1. The summed E-state index contributed by atoms with van der Waals surface area (Å²) in [7, 11) is 0. The summed E-state index contributed by atoms with van der Waals surface area (Å²) in [5.41, 5.74) is 0.473. The van der Waals surface area contributed by atoms with Gasteiger partial charge in [-0.2, -0.15) is 0 Å². The Morgan fingerprint density at radius 2 is 2.26 bits per heavy atom. The SMILES string of the molecule is CC1(C(=O)Nc2nc3ccccc3s2)CCCCN1. The number of hydrogen-bond donors (Lipinski definition) is 2. The number of piperidine rings is 1. The Hall–Kier alpha value is -1.46. The van der Waals surface area contributed by atoms with Crippen LogP contribution in [0.1, 0.15) is 26.2 Å². The van der Waals surface area contributed by atoms with Crippen LogP contribution in [0, 0.1) is 0 Å². The first-order valence-corrected chi connectivity index (χ1v) is 7.41. The summed E-state index contributed by atoms with van der Waals surface area (Å²) in [5, 5.41) is 6.94. The normalized spacial score (nSPS) is 23.4. The summed E-state index contributed by atoms with van der Waals surface area (Å²) >= 11 is 1.52. The summed E-state index contributed by atoms with van der Waals surface area (Å²) in [6, 6.07) is 7.92. The molecule has 1 amide bonds. The third kappa shape index (κ3) is 2.48. The van der Waals surface area contributed by atoms with E-state index in [0.29, 0.717) is 5.13 Å². The number of thiazole rings is 1. The highest BCUT2D eigenvalue weighted by molar-refractivity contribution is 7.22. The zero-order valence-corrected chi connectivity index (χ0v) is 11.7. The molecule has 0 radical (unpaired) electrons. The maximum atomic E-state index is 12.4. The maximum Gasteiger partial charge on any atom is 0.246 e. The molecule has 2 aromatic rings. The van der Waals surface area contributed by atoms with Crippen LogP contribution in [0.5, 0.6) is 0 Å². The molecule has 100 valence electrons. The third-order valence-electron chi connectivity index (χ3n) is 3.63. The molecule has 0 saturated carbocycles. The predicted octanol–water partition coefficient (Wildman–Crippen LogP) is 2.77. The molecule has 2 N–H and O–H groups in total. The zero-order valence-electron chi connectivity index (χ0n) is 10.9. The monoisotopic (exact) mass is 275 g/mol. The number of anilines is 1. The summed E-state index contributed by atoms with van der Waals surface area (Å²) < 4.78 is 1.10. The molecule has 3 rings (SSSR count). The van der Waals surface area contributed by atoms with E-state index in [0.717, 1.165) is 36.0 Å². The predicted molar refractivity (Wildman–Crippen MR) is 78.5 cm³/mol. The smallest absolute Gasteiger partial charge is 0.246 e. The molecule has 1 atom stereocenters. The largest absolute Gasteiger partial charge is 0.304 e. The number of aromatic nitrogens is 1. The summed E-state index contributed by atoms with van der Waals surface area (Å²) in [6.07, 6.45) is 3.12. The molecule has 1 saturated heterocycles. The van der Waals surface area contributed by atoms with E-state index in [4.69, 9.17) is 0 Å². The van der Waals surface area contributed by atoms with E-state index in [1.165, 1.54) is 11.3 Å². The van der Waals surface area contributed by atoms with Crippen LogP contribution in [-0.4, -0.2) is 23.0 Å². The molecule has 2 heterocycles. The Labute approximate surface area is 116 Å². The van der Waals surface area contributed by atoms with Crippen molar-refractivity contribution in [3.63, 3.8) is 0 Å². The summed E-state index contributed by atoms with van der Waals surface area (Å²) in [4.78, 5) is 16.8. The van der Waals surface area contributed by atoms with Gasteiger partial charge in [-0.05, 0) is 44.9 Å².